The van der Waals surface area contributed by atoms with Crippen LogP contribution in [0, 0.1) is 0 Å². The molecule has 25 heavy (non-hydrogen) atoms. The van der Waals surface area contributed by atoms with Crippen LogP contribution in [0.3, 0.4) is 0 Å². The molecule has 3 N–H and O–H groups in total. The summed E-state index contributed by atoms with van der Waals surface area (Å²) >= 11 is 1.87. The van der Waals surface area contributed by atoms with E-state index in [1.807, 2.05) is 23.9 Å². The molecule has 0 saturated heterocycles. The van der Waals surface area contributed by atoms with Crippen LogP contribution in [0.4, 0.5) is 0 Å². The largest absolute Gasteiger partial charge is 0.508 e. The molecule has 0 unspecified atom stereocenters. The van der Waals surface area contributed by atoms with Gasteiger partial charge in [-0.2, -0.15) is 0 Å². The summed E-state index contributed by atoms with van der Waals surface area (Å²) in [7, 11) is 0. The lowest BCUT2D eigenvalue weighted by Gasteiger charge is -2.43. The van der Waals surface area contributed by atoms with Crippen LogP contribution < -0.4 is 5.73 Å². The average Bonchev–Trinajstić information content (AvgIpc) is 2.60. The standard InChI is InChI=1S/C22H23NOS/c1-22(2)19-13-17(24)9-7-16(19)12-20(21(22)23)25-18-10-8-14-5-3-4-6-15(14)11-18/h3-11,13,20-21,24H,12,23H2,1-2H3/t20-,21+/m0/s1. The second-order valence-electron chi connectivity index (χ2n) is 7.46. The quantitative estimate of drug-likeness (QED) is 0.694. The van der Waals surface area contributed by atoms with E-state index in [4.69, 9.17) is 5.73 Å². The van der Waals surface area contributed by atoms with E-state index in [0.717, 1.165) is 6.42 Å². The Labute approximate surface area is 153 Å². The molecule has 1 aliphatic carbocycles. The maximum Gasteiger partial charge on any atom is 0.115 e. The van der Waals surface area contributed by atoms with E-state index in [2.05, 4.69) is 56.3 Å². The minimum atomic E-state index is -0.166. The maximum atomic E-state index is 9.86. The Morgan fingerprint density at radius 3 is 2.56 bits per heavy atom. The van der Waals surface area contributed by atoms with E-state index in [1.54, 1.807) is 6.07 Å². The molecule has 4 rings (SSSR count). The van der Waals surface area contributed by atoms with Gasteiger partial charge in [0.2, 0.25) is 0 Å². The summed E-state index contributed by atoms with van der Waals surface area (Å²) in [5, 5.41) is 12.7. The van der Waals surface area contributed by atoms with Crippen LogP contribution in [-0.4, -0.2) is 16.4 Å². The first-order chi connectivity index (χ1) is 11.9. The Kier molecular flexibility index (Phi) is 4.01. The third kappa shape index (κ3) is 2.92. The molecule has 0 bridgehead atoms. The van der Waals surface area contributed by atoms with Crippen LogP contribution in [0.15, 0.2) is 65.6 Å². The molecule has 2 nitrogen and oxygen atoms in total. The highest BCUT2D eigenvalue weighted by atomic mass is 32.2. The van der Waals surface area contributed by atoms with Gasteiger partial charge in [-0.3, -0.25) is 0 Å². The molecule has 0 heterocycles. The molecule has 3 heteroatoms. The molecule has 3 aromatic rings. The van der Waals surface area contributed by atoms with E-state index < -0.39 is 0 Å². The lowest BCUT2D eigenvalue weighted by molar-refractivity contribution is 0.369. The van der Waals surface area contributed by atoms with E-state index in [0.29, 0.717) is 11.0 Å². The number of phenolic OH excluding ortho intramolecular Hbond substituents is 1. The van der Waals surface area contributed by atoms with Crippen LogP contribution >= 0.6 is 11.8 Å². The molecule has 1 aliphatic rings. The predicted molar refractivity (Wildman–Crippen MR) is 106 cm³/mol. The molecule has 2 atom stereocenters. The van der Waals surface area contributed by atoms with Gasteiger partial charge in [-0.1, -0.05) is 50.2 Å². The summed E-state index contributed by atoms with van der Waals surface area (Å²) in [4.78, 5) is 1.26. The molecule has 128 valence electrons. The first kappa shape index (κ1) is 16.5. The Bertz CT molecular complexity index is 934. The van der Waals surface area contributed by atoms with Crippen molar-refractivity contribution in [2.45, 2.75) is 41.9 Å². The van der Waals surface area contributed by atoms with Crippen molar-refractivity contribution in [2.24, 2.45) is 5.73 Å². The first-order valence-corrected chi connectivity index (χ1v) is 9.56. The number of phenols is 1. The number of fused-ring (bicyclic) bond motifs is 2. The zero-order valence-electron chi connectivity index (χ0n) is 14.6. The summed E-state index contributed by atoms with van der Waals surface area (Å²) in [5.41, 5.74) is 8.98. The van der Waals surface area contributed by atoms with E-state index in [-0.39, 0.29) is 11.5 Å². The number of benzene rings is 3. The fourth-order valence-corrected chi connectivity index (χ4v) is 5.30. The smallest absolute Gasteiger partial charge is 0.115 e. The third-order valence-corrected chi connectivity index (χ3v) is 6.74. The molecule has 3 aromatic carbocycles. The van der Waals surface area contributed by atoms with Crippen LogP contribution in [0.1, 0.15) is 25.0 Å². The molecular weight excluding hydrogens is 326 g/mol. The van der Waals surface area contributed by atoms with Crippen molar-refractivity contribution >= 4 is 22.5 Å². The van der Waals surface area contributed by atoms with Crippen LogP contribution in [0.5, 0.6) is 5.75 Å². The Morgan fingerprint density at radius 1 is 1.00 bits per heavy atom. The lowest BCUT2D eigenvalue weighted by Crippen LogP contribution is -2.52. The van der Waals surface area contributed by atoms with Gasteiger partial charge in [0.1, 0.15) is 5.75 Å². The normalized spacial score (nSPS) is 21.9. The van der Waals surface area contributed by atoms with Crippen molar-refractivity contribution < 1.29 is 5.11 Å². The summed E-state index contributed by atoms with van der Waals surface area (Å²) in [6, 6.07) is 20.8. The molecule has 0 aromatic heterocycles. The first-order valence-electron chi connectivity index (χ1n) is 8.68. The van der Waals surface area contributed by atoms with Gasteiger partial charge in [0.25, 0.3) is 0 Å². The molecule has 0 saturated carbocycles. The van der Waals surface area contributed by atoms with Crippen molar-refractivity contribution in [3.63, 3.8) is 0 Å². The van der Waals surface area contributed by atoms with Gasteiger partial charge < -0.3 is 10.8 Å². The number of thioether (sulfide) groups is 1. The van der Waals surface area contributed by atoms with Crippen molar-refractivity contribution in [3.05, 3.63) is 71.8 Å². The minimum absolute atomic E-state index is 0.0262. The topological polar surface area (TPSA) is 46.2 Å². The maximum absolute atomic E-state index is 9.86. The lowest BCUT2D eigenvalue weighted by atomic mass is 9.69. The highest BCUT2D eigenvalue weighted by Gasteiger charge is 2.40. The number of rotatable bonds is 2. The number of aromatic hydroxyl groups is 1. The van der Waals surface area contributed by atoms with Crippen molar-refractivity contribution in [2.75, 3.05) is 0 Å². The highest BCUT2D eigenvalue weighted by Crippen LogP contribution is 2.43. The van der Waals surface area contributed by atoms with Crippen LogP contribution in [0.2, 0.25) is 0 Å². The zero-order valence-corrected chi connectivity index (χ0v) is 15.4. The Morgan fingerprint density at radius 2 is 1.76 bits per heavy atom. The minimum Gasteiger partial charge on any atom is -0.508 e. The fraction of sp³-hybridized carbons (Fsp3) is 0.273. The van der Waals surface area contributed by atoms with Gasteiger partial charge in [-0.15, -0.1) is 11.8 Å². The van der Waals surface area contributed by atoms with Gasteiger partial charge >= 0.3 is 0 Å². The summed E-state index contributed by atoms with van der Waals surface area (Å²) in [6.07, 6.45) is 0.928. The van der Waals surface area contributed by atoms with Gasteiger partial charge in [0, 0.05) is 21.6 Å². The Balaban J connectivity index is 1.67. The van der Waals surface area contributed by atoms with Crippen LogP contribution in [-0.2, 0) is 11.8 Å². The van der Waals surface area contributed by atoms with Gasteiger partial charge in [0.15, 0.2) is 0 Å². The molecular formula is C22H23NOS. The summed E-state index contributed by atoms with van der Waals surface area (Å²) in [5.74, 6) is 0.319. The highest BCUT2D eigenvalue weighted by molar-refractivity contribution is 8.00. The van der Waals surface area contributed by atoms with E-state index in [9.17, 15) is 5.11 Å². The molecule has 0 amide bonds. The predicted octanol–water partition coefficient (Wildman–Crippen LogP) is 4.87. The van der Waals surface area contributed by atoms with Crippen molar-refractivity contribution in [1.29, 1.82) is 0 Å². The average molecular weight is 349 g/mol. The van der Waals surface area contributed by atoms with Gasteiger partial charge in [-0.05, 0) is 52.6 Å². The van der Waals surface area contributed by atoms with Gasteiger partial charge in [0.05, 0.1) is 0 Å². The number of nitrogens with two attached hydrogens (primary N) is 1. The SMILES string of the molecule is CC1(C)c2cc(O)ccc2C[C@H](Sc2ccc3ccccc3c2)[C@H]1N. The molecule has 0 radical (unpaired) electrons. The summed E-state index contributed by atoms with van der Waals surface area (Å²) < 4.78 is 0. The van der Waals surface area contributed by atoms with Crippen LogP contribution in [0.25, 0.3) is 10.8 Å². The summed E-state index contributed by atoms with van der Waals surface area (Å²) in [6.45, 7) is 4.37. The number of hydrogen-bond acceptors (Lipinski definition) is 3. The Hall–Kier alpha value is -1.97. The molecule has 0 aliphatic heterocycles. The van der Waals surface area contributed by atoms with E-state index in [1.165, 1.54) is 26.8 Å². The van der Waals surface area contributed by atoms with Gasteiger partial charge in [-0.25, -0.2) is 0 Å². The van der Waals surface area contributed by atoms with Crippen molar-refractivity contribution in [3.8, 4) is 5.75 Å². The zero-order chi connectivity index (χ0) is 17.6. The monoisotopic (exact) mass is 349 g/mol. The second-order valence-corrected chi connectivity index (χ2v) is 8.77. The number of hydrogen-bond donors (Lipinski definition) is 2. The molecule has 0 fully saturated rings. The van der Waals surface area contributed by atoms with E-state index >= 15 is 0 Å². The second kappa shape index (κ2) is 6.08. The molecule has 0 spiro atoms. The fourth-order valence-electron chi connectivity index (χ4n) is 3.86. The third-order valence-electron chi connectivity index (χ3n) is 5.45. The van der Waals surface area contributed by atoms with Crippen molar-refractivity contribution in [1.82, 2.24) is 0 Å².